The molecule has 0 radical (unpaired) electrons. The predicted octanol–water partition coefficient (Wildman–Crippen LogP) is 2.62. The van der Waals surface area contributed by atoms with Crippen LogP contribution in [0.1, 0.15) is 12.0 Å². The summed E-state index contributed by atoms with van der Waals surface area (Å²) in [6, 6.07) is 9.97. The standard InChI is InChI=1S/C14H19NO3/c1-2-14(18-10-6-9-15-16)12-17-11-13-7-4-3-5-8-13/h2-5,7-9,14,16H,1,6,10-12H2/b15-9+. The van der Waals surface area contributed by atoms with E-state index >= 15 is 0 Å². The van der Waals surface area contributed by atoms with E-state index in [-0.39, 0.29) is 6.10 Å². The van der Waals surface area contributed by atoms with Gasteiger partial charge in [-0.3, -0.25) is 0 Å². The van der Waals surface area contributed by atoms with Gasteiger partial charge in [0.2, 0.25) is 0 Å². The van der Waals surface area contributed by atoms with Crippen molar-refractivity contribution in [3.63, 3.8) is 0 Å². The van der Waals surface area contributed by atoms with Gasteiger partial charge in [-0.15, -0.1) is 11.7 Å². The average molecular weight is 249 g/mol. The Balaban J connectivity index is 2.17. The topological polar surface area (TPSA) is 51.0 Å². The lowest BCUT2D eigenvalue weighted by atomic mass is 10.2. The van der Waals surface area contributed by atoms with Crippen LogP contribution in [0.25, 0.3) is 0 Å². The molecule has 0 fully saturated rings. The Morgan fingerprint density at radius 3 is 2.78 bits per heavy atom. The normalized spacial score (nSPS) is 12.7. The van der Waals surface area contributed by atoms with Gasteiger partial charge in [-0.05, 0) is 5.56 Å². The van der Waals surface area contributed by atoms with E-state index in [0.717, 1.165) is 5.56 Å². The highest BCUT2D eigenvalue weighted by atomic mass is 16.5. The van der Waals surface area contributed by atoms with E-state index < -0.39 is 0 Å². The molecule has 1 unspecified atom stereocenters. The fourth-order valence-corrected chi connectivity index (χ4v) is 1.38. The molecule has 4 nitrogen and oxygen atoms in total. The molecule has 1 rings (SSSR count). The third-order valence-corrected chi connectivity index (χ3v) is 2.32. The van der Waals surface area contributed by atoms with Crippen LogP contribution in [0.15, 0.2) is 48.1 Å². The molecule has 1 aromatic carbocycles. The Kier molecular flexibility index (Phi) is 7.52. The third kappa shape index (κ3) is 6.18. The lowest BCUT2D eigenvalue weighted by Crippen LogP contribution is -2.18. The van der Waals surface area contributed by atoms with Crippen molar-refractivity contribution in [3.05, 3.63) is 48.6 Å². The second kappa shape index (κ2) is 9.39. The molecule has 98 valence electrons. The fraction of sp³-hybridized carbons (Fsp3) is 0.357. The first-order valence-electron chi connectivity index (χ1n) is 5.88. The van der Waals surface area contributed by atoms with E-state index in [0.29, 0.717) is 26.2 Å². The summed E-state index contributed by atoms with van der Waals surface area (Å²) >= 11 is 0. The molecule has 1 N–H and O–H groups in total. The monoisotopic (exact) mass is 249 g/mol. The summed E-state index contributed by atoms with van der Waals surface area (Å²) in [4.78, 5) is 0. The lowest BCUT2D eigenvalue weighted by Gasteiger charge is -2.13. The van der Waals surface area contributed by atoms with Gasteiger partial charge in [-0.25, -0.2) is 0 Å². The number of oxime groups is 1. The van der Waals surface area contributed by atoms with Crippen molar-refractivity contribution in [2.45, 2.75) is 19.1 Å². The van der Waals surface area contributed by atoms with E-state index in [1.54, 1.807) is 6.08 Å². The van der Waals surface area contributed by atoms with Crippen LogP contribution in [0.4, 0.5) is 0 Å². The van der Waals surface area contributed by atoms with Crippen molar-refractivity contribution >= 4 is 6.21 Å². The zero-order valence-electron chi connectivity index (χ0n) is 10.4. The van der Waals surface area contributed by atoms with Crippen molar-refractivity contribution < 1.29 is 14.7 Å². The molecule has 0 amide bonds. The first-order chi connectivity index (χ1) is 8.86. The molecule has 0 aliphatic carbocycles. The van der Waals surface area contributed by atoms with Crippen molar-refractivity contribution in [1.29, 1.82) is 0 Å². The maximum atomic E-state index is 8.23. The number of hydrogen-bond donors (Lipinski definition) is 1. The molecule has 18 heavy (non-hydrogen) atoms. The molecule has 0 bridgehead atoms. The fourth-order valence-electron chi connectivity index (χ4n) is 1.38. The highest BCUT2D eigenvalue weighted by molar-refractivity contribution is 5.56. The zero-order valence-corrected chi connectivity index (χ0v) is 10.4. The van der Waals surface area contributed by atoms with E-state index in [9.17, 15) is 0 Å². The zero-order chi connectivity index (χ0) is 13.1. The molecule has 0 aromatic heterocycles. The van der Waals surface area contributed by atoms with Gasteiger partial charge in [-0.2, -0.15) is 0 Å². The van der Waals surface area contributed by atoms with E-state index in [1.807, 2.05) is 30.3 Å². The lowest BCUT2D eigenvalue weighted by molar-refractivity contribution is 0.00511. The van der Waals surface area contributed by atoms with E-state index in [4.69, 9.17) is 14.7 Å². The number of rotatable bonds is 9. The summed E-state index contributed by atoms with van der Waals surface area (Å²) in [6.45, 7) is 5.21. The first-order valence-corrected chi connectivity index (χ1v) is 5.88. The summed E-state index contributed by atoms with van der Waals surface area (Å²) in [7, 11) is 0. The minimum absolute atomic E-state index is 0.138. The highest BCUT2D eigenvalue weighted by Gasteiger charge is 2.04. The largest absolute Gasteiger partial charge is 0.411 e. The van der Waals surface area contributed by atoms with Crippen LogP contribution in [0, 0.1) is 0 Å². The highest BCUT2D eigenvalue weighted by Crippen LogP contribution is 2.03. The number of hydrogen-bond acceptors (Lipinski definition) is 4. The minimum atomic E-state index is -0.138. The molecular formula is C14H19NO3. The van der Waals surface area contributed by atoms with Crippen LogP contribution >= 0.6 is 0 Å². The number of nitrogens with zero attached hydrogens (tertiary/aromatic N) is 1. The smallest absolute Gasteiger partial charge is 0.0986 e. The van der Waals surface area contributed by atoms with Crippen molar-refractivity contribution in [3.8, 4) is 0 Å². The molecule has 0 spiro atoms. The maximum Gasteiger partial charge on any atom is 0.0986 e. The van der Waals surface area contributed by atoms with Crippen LogP contribution < -0.4 is 0 Å². The SMILES string of the molecule is C=CC(COCc1ccccc1)OCC/C=N/O. The van der Waals surface area contributed by atoms with Gasteiger partial charge < -0.3 is 14.7 Å². The van der Waals surface area contributed by atoms with Crippen molar-refractivity contribution in [2.24, 2.45) is 5.16 Å². The maximum absolute atomic E-state index is 8.23. The summed E-state index contributed by atoms with van der Waals surface area (Å²) in [6.07, 6.45) is 3.53. The van der Waals surface area contributed by atoms with Gasteiger partial charge in [-0.1, -0.05) is 36.4 Å². The summed E-state index contributed by atoms with van der Waals surface area (Å²) in [5, 5.41) is 11.1. The summed E-state index contributed by atoms with van der Waals surface area (Å²) in [5.74, 6) is 0. The van der Waals surface area contributed by atoms with Gasteiger partial charge in [0.1, 0.15) is 0 Å². The van der Waals surface area contributed by atoms with Gasteiger partial charge >= 0.3 is 0 Å². The number of benzene rings is 1. The van der Waals surface area contributed by atoms with Gasteiger partial charge in [0.05, 0.1) is 25.9 Å². The van der Waals surface area contributed by atoms with Crippen LogP contribution in [-0.4, -0.2) is 30.7 Å². The van der Waals surface area contributed by atoms with Crippen LogP contribution in [-0.2, 0) is 16.1 Å². The summed E-state index contributed by atoms with van der Waals surface area (Å²) in [5.41, 5.74) is 1.13. The molecule has 0 heterocycles. The van der Waals surface area contributed by atoms with Crippen molar-refractivity contribution in [2.75, 3.05) is 13.2 Å². The predicted molar refractivity (Wildman–Crippen MR) is 70.9 cm³/mol. The molecule has 1 atom stereocenters. The molecule has 0 aliphatic rings. The first kappa shape index (κ1) is 14.4. The van der Waals surface area contributed by atoms with Gasteiger partial charge in [0, 0.05) is 12.6 Å². The Labute approximate surface area is 108 Å². The Morgan fingerprint density at radius 1 is 1.33 bits per heavy atom. The van der Waals surface area contributed by atoms with Crippen molar-refractivity contribution in [1.82, 2.24) is 0 Å². The van der Waals surface area contributed by atoms with Crippen LogP contribution in [0.3, 0.4) is 0 Å². The van der Waals surface area contributed by atoms with Gasteiger partial charge in [0.25, 0.3) is 0 Å². The Morgan fingerprint density at radius 2 is 2.11 bits per heavy atom. The minimum Gasteiger partial charge on any atom is -0.411 e. The summed E-state index contributed by atoms with van der Waals surface area (Å²) < 4.78 is 11.0. The second-order valence-corrected chi connectivity index (χ2v) is 3.73. The van der Waals surface area contributed by atoms with Crippen LogP contribution in [0.2, 0.25) is 0 Å². The molecule has 0 aliphatic heterocycles. The van der Waals surface area contributed by atoms with E-state index in [1.165, 1.54) is 6.21 Å². The quantitative estimate of drug-likeness (QED) is 0.241. The molecule has 4 heteroatoms. The van der Waals surface area contributed by atoms with E-state index in [2.05, 4.69) is 11.7 Å². The molecule has 0 saturated heterocycles. The average Bonchev–Trinajstić information content (AvgIpc) is 2.42. The number of ether oxygens (including phenoxy) is 2. The molecular weight excluding hydrogens is 230 g/mol. The Hall–Kier alpha value is -1.65. The third-order valence-electron chi connectivity index (χ3n) is 2.32. The van der Waals surface area contributed by atoms with Gasteiger partial charge in [0.15, 0.2) is 0 Å². The van der Waals surface area contributed by atoms with Crippen LogP contribution in [0.5, 0.6) is 0 Å². The molecule has 0 saturated carbocycles. The second-order valence-electron chi connectivity index (χ2n) is 3.73. The molecule has 1 aromatic rings. The Bertz CT molecular complexity index is 351.